The molecule has 4 rings (SSSR count). The first-order valence-corrected chi connectivity index (χ1v) is 17.1. The zero-order chi connectivity index (χ0) is 30.9. The van der Waals surface area contributed by atoms with Crippen LogP contribution in [-0.4, -0.2) is 81.9 Å². The van der Waals surface area contributed by atoms with Gasteiger partial charge in [0.25, 0.3) is 0 Å². The molecule has 4 aliphatic rings. The smallest absolute Gasteiger partial charge is 0.162 e. The highest BCUT2D eigenvalue weighted by Crippen LogP contribution is 2.39. The molecule has 6 unspecified atom stereocenters. The topological polar surface area (TPSA) is 65.0 Å². The normalized spacial score (nSPS) is 31.6. The van der Waals surface area contributed by atoms with Crippen molar-refractivity contribution >= 4 is 0 Å². The van der Waals surface area contributed by atoms with Crippen molar-refractivity contribution in [2.24, 2.45) is 26.4 Å². The lowest BCUT2D eigenvalue weighted by Crippen LogP contribution is -2.54. The molecule has 0 spiro atoms. The van der Waals surface area contributed by atoms with E-state index < -0.39 is 0 Å². The summed E-state index contributed by atoms with van der Waals surface area (Å²) < 4.78 is 15.4. The molecule has 2 aliphatic carbocycles. The lowest BCUT2D eigenvalue weighted by molar-refractivity contribution is -0.629. The molecule has 242 valence electrons. The highest BCUT2D eigenvalue weighted by Gasteiger charge is 2.52. The van der Waals surface area contributed by atoms with Crippen LogP contribution in [0, 0.1) is 10.8 Å². The first kappa shape index (κ1) is 33.6. The van der Waals surface area contributed by atoms with Crippen LogP contribution in [0.15, 0.2) is 15.6 Å². The Morgan fingerprint density at radius 2 is 1.29 bits per heavy atom. The number of ether oxygens (including phenoxy) is 2. The zero-order valence-electron chi connectivity index (χ0n) is 29.2. The molecule has 0 aromatic heterocycles. The lowest BCUT2D eigenvalue weighted by atomic mass is 9.87. The van der Waals surface area contributed by atoms with Crippen molar-refractivity contribution < 1.29 is 14.2 Å². The van der Waals surface area contributed by atoms with E-state index >= 15 is 0 Å². The van der Waals surface area contributed by atoms with Crippen LogP contribution in [0.3, 0.4) is 0 Å². The van der Waals surface area contributed by atoms with Gasteiger partial charge in [0.15, 0.2) is 12.1 Å². The Bertz CT molecular complexity index is 943. The van der Waals surface area contributed by atoms with Crippen molar-refractivity contribution in [3.8, 4) is 0 Å². The average molecular weight is 590 g/mol. The van der Waals surface area contributed by atoms with Crippen LogP contribution in [-0.2, 0) is 9.47 Å². The van der Waals surface area contributed by atoms with Gasteiger partial charge in [-0.2, -0.15) is 14.8 Å². The second-order valence-electron chi connectivity index (χ2n) is 17.8. The van der Waals surface area contributed by atoms with Crippen LogP contribution in [0.1, 0.15) is 140 Å². The van der Waals surface area contributed by atoms with Gasteiger partial charge in [-0.3, -0.25) is 5.01 Å². The van der Waals surface area contributed by atoms with Crippen molar-refractivity contribution in [2.75, 3.05) is 19.8 Å². The van der Waals surface area contributed by atoms with Crippen LogP contribution in [0.5, 0.6) is 0 Å². The molecule has 0 aromatic rings. The molecular formula is C34H65N6O2+. The van der Waals surface area contributed by atoms with Crippen LogP contribution < -0.4 is 0 Å². The van der Waals surface area contributed by atoms with Gasteiger partial charge in [-0.15, -0.1) is 0 Å². The van der Waals surface area contributed by atoms with Gasteiger partial charge in [0.1, 0.15) is 12.1 Å². The third kappa shape index (κ3) is 8.89. The maximum atomic E-state index is 6.56. The van der Waals surface area contributed by atoms with E-state index in [1.807, 2.05) is 0 Å². The molecule has 0 bridgehead atoms. The minimum absolute atomic E-state index is 0.0460. The second-order valence-corrected chi connectivity index (χ2v) is 17.8. The van der Waals surface area contributed by atoms with Gasteiger partial charge in [-0.25, -0.2) is 0 Å². The molecule has 2 heterocycles. The van der Waals surface area contributed by atoms with Crippen LogP contribution in [0.2, 0.25) is 0 Å². The van der Waals surface area contributed by atoms with Gasteiger partial charge in [0.2, 0.25) is 0 Å². The molecule has 6 atom stereocenters. The maximum Gasteiger partial charge on any atom is 0.162 e. The summed E-state index contributed by atoms with van der Waals surface area (Å²) >= 11 is 0. The molecule has 2 saturated carbocycles. The van der Waals surface area contributed by atoms with Gasteiger partial charge in [0.05, 0.1) is 48.3 Å². The quantitative estimate of drug-likeness (QED) is 0.281. The monoisotopic (exact) mass is 590 g/mol. The largest absolute Gasteiger partial charge is 0.378 e. The Labute approximate surface area is 258 Å². The van der Waals surface area contributed by atoms with Gasteiger partial charge in [-0.05, 0) is 96.8 Å². The summed E-state index contributed by atoms with van der Waals surface area (Å²) in [6.07, 6.45) is 12.0. The second kappa shape index (κ2) is 13.0. The third-order valence-electron chi connectivity index (χ3n) is 9.36. The Kier molecular flexibility index (Phi) is 10.4. The predicted molar refractivity (Wildman–Crippen MR) is 170 cm³/mol. The third-order valence-corrected chi connectivity index (χ3v) is 9.36. The van der Waals surface area contributed by atoms with Crippen molar-refractivity contribution in [2.45, 2.75) is 188 Å². The summed E-state index contributed by atoms with van der Waals surface area (Å²) in [4.78, 5) is 0. The van der Waals surface area contributed by atoms with E-state index in [1.54, 1.807) is 0 Å². The number of rotatable bonds is 7. The van der Waals surface area contributed by atoms with Crippen LogP contribution >= 0.6 is 0 Å². The highest BCUT2D eigenvalue weighted by molar-refractivity contribution is 4.96. The number of hydrogen-bond acceptors (Lipinski definition) is 7. The van der Waals surface area contributed by atoms with Crippen molar-refractivity contribution in [1.29, 1.82) is 0 Å². The predicted octanol–water partition coefficient (Wildman–Crippen LogP) is 8.21. The van der Waals surface area contributed by atoms with Crippen LogP contribution in [0.25, 0.3) is 0 Å². The van der Waals surface area contributed by atoms with E-state index in [0.29, 0.717) is 36.4 Å². The van der Waals surface area contributed by atoms with E-state index in [2.05, 4.69) is 90.9 Å². The number of hydrogen-bond donors (Lipinski definition) is 0. The van der Waals surface area contributed by atoms with E-state index in [1.165, 1.54) is 19.3 Å². The lowest BCUT2D eigenvalue weighted by Gasteiger charge is -2.39. The van der Waals surface area contributed by atoms with E-state index in [9.17, 15) is 0 Å². The fourth-order valence-corrected chi connectivity index (χ4v) is 7.25. The van der Waals surface area contributed by atoms with Gasteiger partial charge >= 0.3 is 0 Å². The Hall–Kier alpha value is -1.28. The molecular weight excluding hydrogens is 524 g/mol. The van der Waals surface area contributed by atoms with Crippen molar-refractivity contribution in [3.63, 3.8) is 0 Å². The van der Waals surface area contributed by atoms with Gasteiger partial charge in [0, 0.05) is 6.42 Å². The minimum atomic E-state index is -0.184. The number of fused-ring (bicyclic) bond motifs is 2. The summed E-state index contributed by atoms with van der Waals surface area (Å²) in [6, 6.07) is 1.39. The molecule has 42 heavy (non-hydrogen) atoms. The standard InChI is InChI=1S/C34H65N6O2/c1-31(2,3)23-41-25-16-14-17-27-28(20-19-25)40(36-35-27)34(10,11)22-38-29-18-13-12-15-26(42-24-32(4,5)6)21-30(29)39(37-38)33(7,8)9/h25-30H,12-24H2,1-11H3/q+1. The van der Waals surface area contributed by atoms with E-state index in [4.69, 9.17) is 25.0 Å². The SMILES string of the molecule is CC(C)(C)COC1CCCC2N=NN(C(C)(C)C[N+]3=NN(C(C)(C)C)C4CC(OCC(C)(C)C)CCCCC43)C2CC1. The summed E-state index contributed by atoms with van der Waals surface area (Å²) in [7, 11) is 0. The highest BCUT2D eigenvalue weighted by atomic mass is 16.5. The van der Waals surface area contributed by atoms with Crippen molar-refractivity contribution in [1.82, 2.24) is 10.0 Å². The van der Waals surface area contributed by atoms with E-state index in [0.717, 1.165) is 64.7 Å². The Morgan fingerprint density at radius 3 is 1.93 bits per heavy atom. The summed E-state index contributed by atoms with van der Waals surface area (Å²) in [5.41, 5.74) is 0.149. The zero-order valence-corrected chi connectivity index (χ0v) is 29.2. The average Bonchev–Trinajstić information content (AvgIpc) is 3.36. The summed E-state index contributed by atoms with van der Waals surface area (Å²) in [5.74, 6) is 0. The molecule has 0 aromatic carbocycles. The van der Waals surface area contributed by atoms with Gasteiger partial charge < -0.3 is 9.47 Å². The minimum Gasteiger partial charge on any atom is -0.378 e. The molecule has 0 amide bonds. The molecule has 8 heteroatoms. The Morgan fingerprint density at radius 1 is 0.667 bits per heavy atom. The summed E-state index contributed by atoms with van der Waals surface area (Å²) in [5, 5.41) is 19.8. The Balaban J connectivity index is 1.48. The van der Waals surface area contributed by atoms with Gasteiger partial charge in [-0.1, -0.05) is 53.2 Å². The first-order valence-electron chi connectivity index (χ1n) is 17.1. The fourth-order valence-electron chi connectivity index (χ4n) is 7.25. The fraction of sp³-hybridized carbons (Fsp3) is 1.00. The first-order chi connectivity index (χ1) is 19.4. The maximum absolute atomic E-state index is 6.56. The molecule has 0 N–H and O–H groups in total. The van der Waals surface area contributed by atoms with Crippen molar-refractivity contribution in [3.05, 3.63) is 0 Å². The molecule has 2 aliphatic heterocycles. The molecule has 8 nitrogen and oxygen atoms in total. The number of nitrogens with zero attached hydrogens (tertiary/aromatic N) is 6. The van der Waals surface area contributed by atoms with Crippen LogP contribution in [0.4, 0.5) is 0 Å². The molecule has 0 saturated heterocycles. The summed E-state index contributed by atoms with van der Waals surface area (Å²) in [6.45, 7) is 27.7. The molecule has 0 radical (unpaired) electrons. The molecule has 2 fully saturated rings. The van der Waals surface area contributed by atoms with E-state index in [-0.39, 0.29) is 21.9 Å².